The highest BCUT2D eigenvalue weighted by atomic mass is 79.9. The number of carbonyl (C=O) groups is 1. The molecule has 0 fully saturated rings. The summed E-state index contributed by atoms with van der Waals surface area (Å²) in [4.78, 5) is 14.0. The second-order valence-electron chi connectivity index (χ2n) is 7.82. The Hall–Kier alpha value is -1.35. The summed E-state index contributed by atoms with van der Waals surface area (Å²) in [5, 5.41) is 15.3. The predicted molar refractivity (Wildman–Crippen MR) is 133 cm³/mol. The maximum Gasteiger partial charge on any atom is 0.234 e. The fourth-order valence-corrected chi connectivity index (χ4v) is 6.52. The Kier molecular flexibility index (Phi) is 7.41. The highest BCUT2D eigenvalue weighted by Gasteiger charge is 2.24. The highest BCUT2D eigenvalue weighted by molar-refractivity contribution is 9.10. The van der Waals surface area contributed by atoms with Gasteiger partial charge < -0.3 is 9.88 Å². The zero-order chi connectivity index (χ0) is 22.0. The first-order valence-electron chi connectivity index (χ1n) is 10.4. The van der Waals surface area contributed by atoms with Crippen molar-refractivity contribution in [3.05, 3.63) is 43.5 Å². The topological polar surface area (TPSA) is 59.8 Å². The van der Waals surface area contributed by atoms with Gasteiger partial charge in [0.25, 0.3) is 0 Å². The van der Waals surface area contributed by atoms with Crippen molar-refractivity contribution in [1.82, 2.24) is 14.8 Å². The number of halogens is 2. The number of carbonyl (C=O) groups excluding carboxylic acids is 1. The van der Waals surface area contributed by atoms with E-state index in [-0.39, 0.29) is 11.7 Å². The van der Waals surface area contributed by atoms with Gasteiger partial charge in [-0.05, 0) is 55.4 Å². The fraction of sp³-hybridized carbons (Fsp3) is 0.409. The summed E-state index contributed by atoms with van der Waals surface area (Å²) in [6.45, 7) is 5.29. The number of hydrogen-bond acceptors (Lipinski definition) is 5. The summed E-state index contributed by atoms with van der Waals surface area (Å²) in [7, 11) is 0. The Balaban J connectivity index is 1.50. The van der Waals surface area contributed by atoms with Crippen molar-refractivity contribution in [3.8, 4) is 11.4 Å². The summed E-state index contributed by atoms with van der Waals surface area (Å²) < 4.78 is 3.03. The van der Waals surface area contributed by atoms with Crippen LogP contribution in [0.5, 0.6) is 0 Å². The number of thioether (sulfide) groups is 1. The normalized spacial score (nSPS) is 15.7. The molecule has 5 nitrogen and oxygen atoms in total. The number of benzene rings is 1. The largest absolute Gasteiger partial charge is 0.324 e. The van der Waals surface area contributed by atoms with Crippen LogP contribution in [0.2, 0.25) is 5.02 Å². The van der Waals surface area contributed by atoms with Gasteiger partial charge in [0.1, 0.15) is 0 Å². The lowest BCUT2D eigenvalue weighted by atomic mass is 9.88. The minimum Gasteiger partial charge on any atom is -0.324 e. The zero-order valence-corrected chi connectivity index (χ0v) is 21.4. The van der Waals surface area contributed by atoms with E-state index in [2.05, 4.69) is 55.2 Å². The molecule has 0 spiro atoms. The molecular formula is C22H24BrClN4OS2. The fourth-order valence-electron chi connectivity index (χ4n) is 3.79. The SMILES string of the molecule is CCCn1c(SCC(=O)Nc2ccc(Br)cc2Cl)nnc1-c1csc2c1CCC(C)C2. The minimum absolute atomic E-state index is 0.122. The number of nitrogens with one attached hydrogen (secondary N) is 1. The van der Waals surface area contributed by atoms with Crippen LogP contribution in [-0.2, 0) is 24.2 Å². The molecule has 3 aromatic rings. The van der Waals surface area contributed by atoms with Gasteiger partial charge in [0.2, 0.25) is 5.91 Å². The molecular weight excluding hydrogens is 516 g/mol. The van der Waals surface area contributed by atoms with Crippen LogP contribution < -0.4 is 5.32 Å². The molecule has 1 atom stereocenters. The third-order valence-electron chi connectivity index (χ3n) is 5.34. The molecule has 1 amide bonds. The lowest BCUT2D eigenvalue weighted by molar-refractivity contribution is -0.113. The van der Waals surface area contributed by atoms with E-state index in [1.807, 2.05) is 17.4 Å². The van der Waals surface area contributed by atoms with E-state index >= 15 is 0 Å². The van der Waals surface area contributed by atoms with Crippen LogP contribution in [0.3, 0.4) is 0 Å². The van der Waals surface area contributed by atoms with Gasteiger partial charge in [-0.25, -0.2) is 0 Å². The van der Waals surface area contributed by atoms with Crippen molar-refractivity contribution in [2.24, 2.45) is 5.92 Å². The van der Waals surface area contributed by atoms with Crippen LogP contribution in [0.15, 0.2) is 33.2 Å². The molecule has 0 aliphatic heterocycles. The number of rotatable bonds is 7. The third-order valence-corrected chi connectivity index (χ3v) is 8.17. The monoisotopic (exact) mass is 538 g/mol. The molecule has 0 radical (unpaired) electrons. The summed E-state index contributed by atoms with van der Waals surface area (Å²) in [6, 6.07) is 5.39. The molecule has 2 aromatic heterocycles. The standard InChI is InChI=1S/C22H24BrClN4OS2/c1-3-8-28-21(16-11-30-19-9-13(2)4-6-15(16)19)26-27-22(28)31-12-20(29)25-18-7-5-14(23)10-17(18)24/h5,7,10-11,13H,3-4,6,8-9,12H2,1-2H3,(H,25,29). The third kappa shape index (κ3) is 5.18. The molecule has 1 aliphatic rings. The van der Waals surface area contributed by atoms with Crippen LogP contribution in [0.4, 0.5) is 5.69 Å². The predicted octanol–water partition coefficient (Wildman–Crippen LogP) is 6.69. The van der Waals surface area contributed by atoms with E-state index in [9.17, 15) is 4.79 Å². The Morgan fingerprint density at radius 2 is 2.26 bits per heavy atom. The van der Waals surface area contributed by atoms with E-state index in [1.54, 1.807) is 12.1 Å². The Morgan fingerprint density at radius 1 is 1.42 bits per heavy atom. The second kappa shape index (κ2) is 10.1. The van der Waals surface area contributed by atoms with E-state index in [1.165, 1.54) is 34.2 Å². The average molecular weight is 540 g/mol. The number of aromatic nitrogens is 3. The molecule has 4 rings (SSSR count). The van der Waals surface area contributed by atoms with Gasteiger partial charge in [0, 0.05) is 26.8 Å². The molecule has 1 N–H and O–H groups in total. The molecule has 1 unspecified atom stereocenters. The van der Waals surface area contributed by atoms with Crippen LogP contribution >= 0.6 is 50.6 Å². The van der Waals surface area contributed by atoms with E-state index in [0.29, 0.717) is 10.7 Å². The van der Waals surface area contributed by atoms with Gasteiger partial charge in [-0.2, -0.15) is 0 Å². The molecule has 2 heterocycles. The van der Waals surface area contributed by atoms with Crippen molar-refractivity contribution in [2.75, 3.05) is 11.1 Å². The Labute approximate surface area is 204 Å². The van der Waals surface area contributed by atoms with Crippen molar-refractivity contribution < 1.29 is 4.79 Å². The van der Waals surface area contributed by atoms with Crippen molar-refractivity contribution >= 4 is 62.2 Å². The van der Waals surface area contributed by atoms with E-state index < -0.39 is 0 Å². The number of anilines is 1. The van der Waals surface area contributed by atoms with Crippen molar-refractivity contribution in [2.45, 2.75) is 51.2 Å². The maximum atomic E-state index is 12.5. The van der Waals surface area contributed by atoms with Gasteiger partial charge in [-0.1, -0.05) is 53.1 Å². The van der Waals surface area contributed by atoms with Gasteiger partial charge in [0.15, 0.2) is 11.0 Å². The molecule has 9 heteroatoms. The number of hydrogen-bond donors (Lipinski definition) is 1. The molecule has 1 aliphatic carbocycles. The molecule has 1 aromatic carbocycles. The van der Waals surface area contributed by atoms with Crippen molar-refractivity contribution in [1.29, 1.82) is 0 Å². The van der Waals surface area contributed by atoms with Gasteiger partial charge >= 0.3 is 0 Å². The average Bonchev–Trinajstić information content (AvgIpc) is 3.32. The maximum absolute atomic E-state index is 12.5. The van der Waals surface area contributed by atoms with Crippen LogP contribution in [-0.4, -0.2) is 26.4 Å². The van der Waals surface area contributed by atoms with Crippen LogP contribution in [0.25, 0.3) is 11.4 Å². The van der Waals surface area contributed by atoms with Gasteiger partial charge in [0.05, 0.1) is 16.5 Å². The van der Waals surface area contributed by atoms with Crippen molar-refractivity contribution in [3.63, 3.8) is 0 Å². The Morgan fingerprint density at radius 3 is 3.03 bits per heavy atom. The van der Waals surface area contributed by atoms with Crippen LogP contribution in [0, 0.1) is 5.92 Å². The van der Waals surface area contributed by atoms with Gasteiger partial charge in [-0.15, -0.1) is 21.5 Å². The first-order chi connectivity index (χ1) is 15.0. The lowest BCUT2D eigenvalue weighted by Gasteiger charge is -2.19. The smallest absolute Gasteiger partial charge is 0.234 e. The summed E-state index contributed by atoms with van der Waals surface area (Å²) in [5.74, 6) is 1.79. The highest BCUT2D eigenvalue weighted by Crippen LogP contribution is 2.38. The summed E-state index contributed by atoms with van der Waals surface area (Å²) in [6.07, 6.45) is 4.46. The van der Waals surface area contributed by atoms with Gasteiger partial charge in [-0.3, -0.25) is 4.79 Å². The van der Waals surface area contributed by atoms with E-state index in [0.717, 1.165) is 47.2 Å². The summed E-state index contributed by atoms with van der Waals surface area (Å²) >= 11 is 12.8. The molecule has 31 heavy (non-hydrogen) atoms. The lowest BCUT2D eigenvalue weighted by Crippen LogP contribution is -2.15. The first-order valence-corrected chi connectivity index (χ1v) is 13.4. The summed E-state index contributed by atoms with van der Waals surface area (Å²) in [5.41, 5.74) is 3.25. The molecule has 0 saturated heterocycles. The van der Waals surface area contributed by atoms with Crippen LogP contribution in [0.1, 0.15) is 37.1 Å². The first kappa shape index (κ1) is 22.8. The number of amides is 1. The minimum atomic E-state index is -0.122. The molecule has 164 valence electrons. The molecule has 0 bridgehead atoms. The number of nitrogens with zero attached hydrogens (tertiary/aromatic N) is 3. The second-order valence-corrected chi connectivity index (χ2v) is 11.0. The number of fused-ring (bicyclic) bond motifs is 1. The number of thiophene rings is 1. The zero-order valence-electron chi connectivity index (χ0n) is 17.5. The Bertz CT molecular complexity index is 1100. The quantitative estimate of drug-likeness (QED) is 0.340. The molecule has 0 saturated carbocycles. The van der Waals surface area contributed by atoms with E-state index in [4.69, 9.17) is 11.6 Å².